The molecule has 5 heteroatoms. The van der Waals surface area contributed by atoms with E-state index < -0.39 is 0 Å². The van der Waals surface area contributed by atoms with Crippen molar-refractivity contribution in [1.29, 1.82) is 0 Å². The van der Waals surface area contributed by atoms with Crippen LogP contribution in [0.25, 0.3) is 0 Å². The van der Waals surface area contributed by atoms with Gasteiger partial charge in [0.25, 0.3) is 0 Å². The van der Waals surface area contributed by atoms with E-state index >= 15 is 0 Å². The number of anilines is 1. The third kappa shape index (κ3) is 2.50. The van der Waals surface area contributed by atoms with Crippen LogP contribution in [0.15, 0.2) is 42.5 Å². The monoisotopic (exact) mass is 389 g/mol. The zero-order chi connectivity index (χ0) is 19.8. The number of ether oxygens (including phenoxy) is 1. The van der Waals surface area contributed by atoms with Gasteiger partial charge in [-0.25, -0.2) is 0 Å². The van der Waals surface area contributed by atoms with Crippen molar-refractivity contribution in [3.63, 3.8) is 0 Å². The van der Waals surface area contributed by atoms with Gasteiger partial charge in [-0.15, -0.1) is 0 Å². The number of piperidine rings is 1. The lowest BCUT2D eigenvalue weighted by Crippen LogP contribution is -2.40. The van der Waals surface area contributed by atoms with Gasteiger partial charge in [0.1, 0.15) is 5.75 Å². The fraction of sp³-hybridized carbons (Fsp3) is 0.458. The molecule has 0 radical (unpaired) electrons. The molecule has 2 aliphatic heterocycles. The Morgan fingerprint density at radius 2 is 2.07 bits per heavy atom. The van der Waals surface area contributed by atoms with Crippen LogP contribution in [-0.4, -0.2) is 32.1 Å². The quantitative estimate of drug-likeness (QED) is 0.826. The highest BCUT2D eigenvalue weighted by Gasteiger charge is 2.63. The Balaban J connectivity index is 1.29. The Labute approximate surface area is 171 Å². The van der Waals surface area contributed by atoms with Gasteiger partial charge >= 0.3 is 0 Å². The number of fused-ring (bicyclic) bond motifs is 4. The van der Waals surface area contributed by atoms with Gasteiger partial charge in [0.05, 0.1) is 13.2 Å². The topological polar surface area (TPSA) is 53.6 Å². The van der Waals surface area contributed by atoms with E-state index in [1.54, 1.807) is 7.11 Å². The molecule has 29 heavy (non-hydrogen) atoms. The molecule has 2 aromatic carbocycles. The molecular weight excluding hydrogens is 362 g/mol. The van der Waals surface area contributed by atoms with E-state index in [0.717, 1.165) is 36.5 Å². The van der Waals surface area contributed by atoms with Crippen LogP contribution in [0.3, 0.4) is 0 Å². The molecule has 2 saturated carbocycles. The maximum Gasteiger partial charge on any atom is 0.230 e. The lowest BCUT2D eigenvalue weighted by Gasteiger charge is -2.29. The molecule has 1 amide bonds. The fourth-order valence-corrected chi connectivity index (χ4v) is 5.76. The summed E-state index contributed by atoms with van der Waals surface area (Å²) in [5, 5.41) is 7.59. The van der Waals surface area contributed by atoms with Crippen LogP contribution >= 0.6 is 0 Å². The van der Waals surface area contributed by atoms with E-state index in [1.165, 1.54) is 17.5 Å². The second kappa shape index (κ2) is 6.07. The van der Waals surface area contributed by atoms with Crippen LogP contribution in [-0.2, 0) is 11.3 Å². The van der Waals surface area contributed by atoms with E-state index in [4.69, 9.17) is 4.74 Å². The number of nitrogens with one attached hydrogen (secondary N) is 2. The van der Waals surface area contributed by atoms with Crippen LogP contribution in [0, 0.1) is 11.8 Å². The van der Waals surface area contributed by atoms with Crippen molar-refractivity contribution in [2.45, 2.75) is 36.9 Å². The number of methoxy groups -OCH3 is 1. The van der Waals surface area contributed by atoms with Crippen molar-refractivity contribution in [1.82, 2.24) is 10.6 Å². The number of hydrogen-bond donors (Lipinski definition) is 2. The smallest absolute Gasteiger partial charge is 0.230 e. The Hall–Kier alpha value is -2.37. The molecule has 150 valence electrons. The molecule has 6 rings (SSSR count). The number of carbonyl (C=O) groups excluding carboxylic acids is 1. The second-order valence-electron chi connectivity index (χ2n) is 9.12. The first kappa shape index (κ1) is 17.5. The summed E-state index contributed by atoms with van der Waals surface area (Å²) in [6.07, 6.45) is 2.18. The zero-order valence-corrected chi connectivity index (χ0v) is 16.9. The van der Waals surface area contributed by atoms with Gasteiger partial charge < -0.3 is 20.3 Å². The van der Waals surface area contributed by atoms with Crippen molar-refractivity contribution < 1.29 is 9.53 Å². The van der Waals surface area contributed by atoms with Crippen LogP contribution in [0.5, 0.6) is 5.75 Å². The summed E-state index contributed by atoms with van der Waals surface area (Å²) in [6, 6.07) is 15.4. The lowest BCUT2D eigenvalue weighted by atomic mass is 9.96. The minimum Gasteiger partial charge on any atom is -0.496 e. The first-order chi connectivity index (χ1) is 14.1. The highest BCUT2D eigenvalue weighted by molar-refractivity contribution is 6.01. The second-order valence-corrected chi connectivity index (χ2v) is 9.12. The first-order valence-corrected chi connectivity index (χ1v) is 10.6. The average molecular weight is 389 g/mol. The van der Waals surface area contributed by atoms with E-state index in [2.05, 4.69) is 53.1 Å². The SMILES string of the molecule is COc1cc2c(cc1CNC13CC1CNC3c1ccccc1)N(C)C(=O)C1CC21. The van der Waals surface area contributed by atoms with Gasteiger partial charge in [-0.05, 0) is 47.9 Å². The molecule has 2 N–H and O–H groups in total. The van der Waals surface area contributed by atoms with Crippen molar-refractivity contribution in [3.8, 4) is 5.75 Å². The molecule has 1 saturated heterocycles. The maximum absolute atomic E-state index is 12.5. The maximum atomic E-state index is 12.5. The molecule has 2 heterocycles. The third-order valence-electron chi connectivity index (χ3n) is 7.61. The number of hydrogen-bond acceptors (Lipinski definition) is 4. The number of carbonyl (C=O) groups is 1. The molecule has 2 aliphatic carbocycles. The average Bonchev–Trinajstić information content (AvgIpc) is 3.67. The van der Waals surface area contributed by atoms with Gasteiger partial charge in [-0.1, -0.05) is 30.3 Å². The molecule has 0 spiro atoms. The molecule has 0 bridgehead atoms. The Morgan fingerprint density at radius 1 is 1.24 bits per heavy atom. The van der Waals surface area contributed by atoms with Gasteiger partial charge in [0.2, 0.25) is 5.91 Å². The molecule has 2 aromatic rings. The van der Waals surface area contributed by atoms with Gasteiger partial charge in [-0.2, -0.15) is 0 Å². The highest BCUT2D eigenvalue weighted by atomic mass is 16.5. The molecule has 0 aromatic heterocycles. The number of amides is 1. The molecule has 5 unspecified atom stereocenters. The van der Waals surface area contributed by atoms with Gasteiger partial charge in [0.15, 0.2) is 0 Å². The minimum absolute atomic E-state index is 0.117. The highest BCUT2D eigenvalue weighted by Crippen LogP contribution is 2.57. The van der Waals surface area contributed by atoms with Crippen LogP contribution in [0.1, 0.15) is 41.5 Å². The molecule has 5 atom stereocenters. The third-order valence-corrected chi connectivity index (χ3v) is 7.61. The summed E-state index contributed by atoms with van der Waals surface area (Å²) in [7, 11) is 3.65. The van der Waals surface area contributed by atoms with Crippen LogP contribution in [0.2, 0.25) is 0 Å². The molecular formula is C24H27N3O2. The predicted octanol–water partition coefficient (Wildman–Crippen LogP) is 2.97. The van der Waals surface area contributed by atoms with Crippen molar-refractivity contribution >= 4 is 11.6 Å². The Morgan fingerprint density at radius 3 is 2.83 bits per heavy atom. The van der Waals surface area contributed by atoms with Crippen molar-refractivity contribution in [2.75, 3.05) is 25.6 Å². The molecule has 4 aliphatic rings. The molecule has 3 fully saturated rings. The first-order valence-electron chi connectivity index (χ1n) is 10.6. The zero-order valence-electron chi connectivity index (χ0n) is 16.9. The Kier molecular flexibility index (Phi) is 3.66. The lowest BCUT2D eigenvalue weighted by molar-refractivity contribution is -0.119. The number of benzene rings is 2. The summed E-state index contributed by atoms with van der Waals surface area (Å²) < 4.78 is 5.75. The number of rotatable bonds is 5. The van der Waals surface area contributed by atoms with Crippen LogP contribution < -0.4 is 20.3 Å². The number of nitrogens with zero attached hydrogens (tertiary/aromatic N) is 1. The van der Waals surface area contributed by atoms with Gasteiger partial charge in [0, 0.05) is 42.8 Å². The summed E-state index contributed by atoms with van der Waals surface area (Å²) in [6.45, 7) is 1.81. The van der Waals surface area contributed by atoms with E-state index in [9.17, 15) is 4.79 Å². The normalized spacial score (nSPS) is 33.7. The summed E-state index contributed by atoms with van der Waals surface area (Å²) >= 11 is 0. The van der Waals surface area contributed by atoms with Crippen molar-refractivity contribution in [2.24, 2.45) is 11.8 Å². The van der Waals surface area contributed by atoms with Crippen LogP contribution in [0.4, 0.5) is 5.69 Å². The molecule has 5 nitrogen and oxygen atoms in total. The van der Waals surface area contributed by atoms with Crippen molar-refractivity contribution in [3.05, 3.63) is 59.2 Å². The van der Waals surface area contributed by atoms with Gasteiger partial charge in [-0.3, -0.25) is 4.79 Å². The van der Waals surface area contributed by atoms with E-state index in [1.807, 2.05) is 11.9 Å². The largest absolute Gasteiger partial charge is 0.496 e. The summed E-state index contributed by atoms with van der Waals surface area (Å²) in [4.78, 5) is 14.3. The van der Waals surface area contributed by atoms with E-state index in [-0.39, 0.29) is 17.4 Å². The summed E-state index contributed by atoms with van der Waals surface area (Å²) in [5.74, 6) is 2.44. The minimum atomic E-state index is 0.117. The standard InChI is InChI=1S/C24H27N3O2/c1-27-20-8-15(21(29-2)10-18(20)17-9-19(17)23(27)28)12-26-24-11-16(24)13-25-22(24)14-6-4-3-5-7-14/h3-8,10,16-17,19,22,25-26H,9,11-13H2,1-2H3. The summed E-state index contributed by atoms with van der Waals surface area (Å²) in [5.41, 5.74) is 4.92. The Bertz CT molecular complexity index is 991. The fourth-order valence-electron chi connectivity index (χ4n) is 5.76. The van der Waals surface area contributed by atoms with E-state index in [0.29, 0.717) is 17.9 Å². The predicted molar refractivity (Wildman–Crippen MR) is 112 cm³/mol.